The molecule has 0 bridgehead atoms. The molecule has 2 aromatic carbocycles. The van der Waals surface area contributed by atoms with Gasteiger partial charge in [-0.3, -0.25) is 4.72 Å². The molecule has 4 rings (SSSR count). The normalized spacial score (nSPS) is 21.0. The fourth-order valence-electron chi connectivity index (χ4n) is 3.90. The van der Waals surface area contributed by atoms with Crippen molar-refractivity contribution in [3.05, 3.63) is 42.5 Å². The van der Waals surface area contributed by atoms with E-state index in [0.29, 0.717) is 11.0 Å². The van der Waals surface area contributed by atoms with Crippen LogP contribution in [0.15, 0.2) is 52.3 Å². The number of rotatable bonds is 5. The Morgan fingerprint density at radius 1 is 0.967 bits per heavy atom. The fourth-order valence-corrected chi connectivity index (χ4v) is 7.60. The summed E-state index contributed by atoms with van der Waals surface area (Å²) < 4.78 is 64.1. The van der Waals surface area contributed by atoms with Gasteiger partial charge in [0.2, 0.25) is 10.0 Å². The number of anilines is 1. The molecule has 2 unspecified atom stereocenters. The summed E-state index contributed by atoms with van der Waals surface area (Å²) in [7, 11) is -7.56. The number of aromatic nitrogens is 2. The zero-order valence-corrected chi connectivity index (χ0v) is 19.0. The third-order valence-electron chi connectivity index (χ3n) is 5.33. The van der Waals surface area contributed by atoms with E-state index < -0.39 is 20.0 Å². The lowest BCUT2D eigenvalue weighted by Crippen LogP contribution is -2.47. The molecule has 1 saturated heterocycles. The van der Waals surface area contributed by atoms with Crippen molar-refractivity contribution in [3.63, 3.8) is 0 Å². The monoisotopic (exact) mass is 466 g/mol. The highest BCUT2D eigenvalue weighted by atomic mass is 32.2. The van der Waals surface area contributed by atoms with Crippen LogP contribution in [0.4, 0.5) is 5.69 Å². The van der Waals surface area contributed by atoms with E-state index in [0.717, 1.165) is 31.0 Å². The summed E-state index contributed by atoms with van der Waals surface area (Å²) in [6.45, 7) is 3.84. The maximum atomic E-state index is 13.1. The van der Waals surface area contributed by atoms with E-state index in [1.54, 1.807) is 16.4 Å². The first-order valence-electron chi connectivity index (χ1n) is 9.58. The predicted octanol–water partition coefficient (Wildman–Crippen LogP) is 3.44. The summed E-state index contributed by atoms with van der Waals surface area (Å²) in [6, 6.07) is 10.4. The average Bonchev–Trinajstić information content (AvgIpc) is 3.16. The van der Waals surface area contributed by atoms with Crippen LogP contribution in [0.1, 0.15) is 33.1 Å². The van der Waals surface area contributed by atoms with Crippen molar-refractivity contribution in [1.29, 1.82) is 0 Å². The minimum Gasteiger partial charge on any atom is -0.280 e. The highest BCUT2D eigenvalue weighted by molar-refractivity contribution is 7.93. The van der Waals surface area contributed by atoms with Gasteiger partial charge in [-0.2, -0.15) is 13.1 Å². The molecule has 2 heterocycles. The topological polar surface area (TPSA) is 109 Å². The Kier molecular flexibility index (Phi) is 5.56. The van der Waals surface area contributed by atoms with Gasteiger partial charge in [0.25, 0.3) is 10.0 Å². The molecule has 8 nitrogen and oxygen atoms in total. The Balaban J connectivity index is 1.60. The number of nitrogens with zero attached hydrogens (tertiary/aromatic N) is 3. The van der Waals surface area contributed by atoms with Crippen LogP contribution >= 0.6 is 11.7 Å². The van der Waals surface area contributed by atoms with Crippen LogP contribution in [-0.2, 0) is 20.0 Å². The van der Waals surface area contributed by atoms with Gasteiger partial charge in [0.1, 0.15) is 15.9 Å². The largest absolute Gasteiger partial charge is 0.280 e. The van der Waals surface area contributed by atoms with Crippen LogP contribution in [0.2, 0.25) is 0 Å². The number of nitrogens with one attached hydrogen (secondary N) is 1. The van der Waals surface area contributed by atoms with Gasteiger partial charge in [0.05, 0.1) is 16.6 Å². The molecule has 1 fully saturated rings. The molecule has 0 aliphatic carbocycles. The molecule has 3 aromatic rings. The second kappa shape index (κ2) is 7.88. The summed E-state index contributed by atoms with van der Waals surface area (Å²) in [6.07, 6.45) is 2.67. The van der Waals surface area contributed by atoms with Crippen LogP contribution in [0.3, 0.4) is 0 Å². The van der Waals surface area contributed by atoms with Gasteiger partial charge >= 0.3 is 0 Å². The molecule has 160 valence electrons. The van der Waals surface area contributed by atoms with Gasteiger partial charge in [0.15, 0.2) is 0 Å². The van der Waals surface area contributed by atoms with Crippen LogP contribution < -0.4 is 4.72 Å². The first kappa shape index (κ1) is 21.2. The molecule has 0 amide bonds. The highest BCUT2D eigenvalue weighted by Gasteiger charge is 2.35. The molecule has 0 spiro atoms. The first-order valence-corrected chi connectivity index (χ1v) is 13.2. The van der Waals surface area contributed by atoms with Gasteiger partial charge in [-0.05, 0) is 63.1 Å². The molecule has 1 N–H and O–H groups in total. The minimum atomic E-state index is -3.90. The van der Waals surface area contributed by atoms with E-state index in [1.165, 1.54) is 30.3 Å². The van der Waals surface area contributed by atoms with Gasteiger partial charge in [0, 0.05) is 17.8 Å². The second-order valence-electron chi connectivity index (χ2n) is 7.48. The van der Waals surface area contributed by atoms with E-state index in [9.17, 15) is 16.8 Å². The van der Waals surface area contributed by atoms with E-state index >= 15 is 0 Å². The van der Waals surface area contributed by atoms with Crippen molar-refractivity contribution in [1.82, 2.24) is 13.1 Å². The Hall–Kier alpha value is -2.08. The maximum Gasteiger partial charge on any atom is 0.264 e. The zero-order chi connectivity index (χ0) is 21.5. The van der Waals surface area contributed by atoms with E-state index in [2.05, 4.69) is 13.5 Å². The van der Waals surface area contributed by atoms with Crippen molar-refractivity contribution >= 4 is 48.5 Å². The zero-order valence-electron chi connectivity index (χ0n) is 16.5. The van der Waals surface area contributed by atoms with Crippen molar-refractivity contribution in [2.45, 2.75) is 55.0 Å². The molecule has 11 heteroatoms. The smallest absolute Gasteiger partial charge is 0.264 e. The molecule has 2 atom stereocenters. The number of hydrogen-bond donors (Lipinski definition) is 1. The van der Waals surface area contributed by atoms with E-state index in [1.807, 2.05) is 13.8 Å². The van der Waals surface area contributed by atoms with E-state index in [-0.39, 0.29) is 27.6 Å². The third kappa shape index (κ3) is 3.82. The van der Waals surface area contributed by atoms with Crippen molar-refractivity contribution in [3.8, 4) is 0 Å². The van der Waals surface area contributed by atoms with Gasteiger partial charge in [-0.15, -0.1) is 0 Å². The number of fused-ring (bicyclic) bond motifs is 1. The summed E-state index contributed by atoms with van der Waals surface area (Å²) in [5.74, 6) is 0. The Labute approximate surface area is 180 Å². The molecule has 1 aliphatic heterocycles. The molecule has 30 heavy (non-hydrogen) atoms. The first-order chi connectivity index (χ1) is 14.2. The molecular weight excluding hydrogens is 444 g/mol. The molecule has 1 aromatic heterocycles. The SMILES string of the molecule is CC1CCCC(C)N1S(=O)(=O)c1ccc(NS(=O)(=O)c2cccc3nsnc23)cc1. The lowest BCUT2D eigenvalue weighted by molar-refractivity contribution is 0.204. The number of benzene rings is 2. The summed E-state index contributed by atoms with van der Waals surface area (Å²) in [5.41, 5.74) is 1.09. The van der Waals surface area contributed by atoms with Crippen LogP contribution in [0.25, 0.3) is 11.0 Å². The lowest BCUT2D eigenvalue weighted by Gasteiger charge is -2.37. The lowest BCUT2D eigenvalue weighted by atomic mass is 10.0. The number of piperidine rings is 1. The van der Waals surface area contributed by atoms with Crippen LogP contribution in [0, 0.1) is 0 Å². The van der Waals surface area contributed by atoms with Gasteiger partial charge in [-0.25, -0.2) is 16.8 Å². The Morgan fingerprint density at radius 3 is 2.30 bits per heavy atom. The molecule has 0 saturated carbocycles. The summed E-state index contributed by atoms with van der Waals surface area (Å²) >= 11 is 0.944. The van der Waals surface area contributed by atoms with Crippen molar-refractivity contribution in [2.24, 2.45) is 0 Å². The summed E-state index contributed by atoms with van der Waals surface area (Å²) in [5, 5.41) is 0. The number of hydrogen-bond acceptors (Lipinski definition) is 7. The second-order valence-corrected chi connectivity index (χ2v) is 11.5. The maximum absolute atomic E-state index is 13.1. The number of sulfonamides is 2. The molecular formula is C19H22N4O4S3. The molecule has 0 radical (unpaired) electrons. The molecule has 1 aliphatic rings. The quantitative estimate of drug-likeness (QED) is 0.617. The van der Waals surface area contributed by atoms with Crippen molar-refractivity contribution in [2.75, 3.05) is 4.72 Å². The van der Waals surface area contributed by atoms with Gasteiger partial charge in [-0.1, -0.05) is 12.5 Å². The summed E-state index contributed by atoms with van der Waals surface area (Å²) in [4.78, 5) is 0.179. The Bertz CT molecular complexity index is 1260. The van der Waals surface area contributed by atoms with Crippen LogP contribution in [-0.4, -0.2) is 42.0 Å². The third-order valence-corrected chi connectivity index (χ3v) is 9.43. The Morgan fingerprint density at radius 2 is 1.63 bits per heavy atom. The predicted molar refractivity (Wildman–Crippen MR) is 116 cm³/mol. The highest BCUT2D eigenvalue weighted by Crippen LogP contribution is 2.30. The standard InChI is InChI=1S/C19H22N4O4S3/c1-13-5-3-6-14(2)23(13)30(26,27)16-11-9-15(10-12-16)22-29(24,25)18-8-4-7-17-19(18)21-28-20-17/h4,7-14,22H,3,5-6H2,1-2H3. The minimum absolute atomic E-state index is 0.0291. The van der Waals surface area contributed by atoms with Crippen molar-refractivity contribution < 1.29 is 16.8 Å². The fraction of sp³-hybridized carbons (Fsp3) is 0.368. The van der Waals surface area contributed by atoms with E-state index in [4.69, 9.17) is 0 Å². The average molecular weight is 467 g/mol. The van der Waals surface area contributed by atoms with Gasteiger partial charge < -0.3 is 0 Å². The van der Waals surface area contributed by atoms with Crippen LogP contribution in [0.5, 0.6) is 0 Å².